The van der Waals surface area contributed by atoms with Gasteiger partial charge < -0.3 is 20.1 Å². The molecule has 0 aromatic heterocycles. The van der Waals surface area contributed by atoms with Crippen LogP contribution in [0.3, 0.4) is 0 Å². The normalized spacial score (nSPS) is 10.9. The highest BCUT2D eigenvalue weighted by Crippen LogP contribution is 2.35. The lowest BCUT2D eigenvalue weighted by Gasteiger charge is -2.15. The monoisotopic (exact) mass is 536 g/mol. The number of benzene rings is 4. The zero-order valence-corrected chi connectivity index (χ0v) is 23.9. The quantitative estimate of drug-likeness (QED) is 0.226. The summed E-state index contributed by atoms with van der Waals surface area (Å²) in [6.45, 7) is 8.47. The van der Waals surface area contributed by atoms with E-state index in [4.69, 9.17) is 9.47 Å². The highest BCUT2D eigenvalue weighted by Gasteiger charge is 2.15. The Balaban J connectivity index is 1.51. The van der Waals surface area contributed by atoms with Crippen LogP contribution in [0.2, 0.25) is 0 Å². The van der Waals surface area contributed by atoms with E-state index in [-0.39, 0.29) is 11.8 Å². The summed E-state index contributed by atoms with van der Waals surface area (Å²) in [7, 11) is 3.14. The number of methoxy groups -OCH3 is 2. The van der Waals surface area contributed by atoms with Gasteiger partial charge >= 0.3 is 0 Å². The number of amides is 2. The van der Waals surface area contributed by atoms with E-state index in [9.17, 15) is 9.59 Å². The molecule has 4 rings (SSSR count). The zero-order chi connectivity index (χ0) is 28.8. The lowest BCUT2D eigenvalue weighted by Crippen LogP contribution is -2.13. The van der Waals surface area contributed by atoms with Crippen LogP contribution in [-0.4, -0.2) is 26.0 Å². The molecule has 0 spiro atoms. The Hall–Kier alpha value is -4.58. The van der Waals surface area contributed by atoms with E-state index in [1.165, 1.54) is 11.1 Å². The number of carbonyl (C=O) groups is 2. The fourth-order valence-electron chi connectivity index (χ4n) is 4.38. The third-order valence-corrected chi connectivity index (χ3v) is 6.91. The van der Waals surface area contributed by atoms with Crippen molar-refractivity contribution in [3.8, 4) is 22.6 Å². The van der Waals surface area contributed by atoms with Gasteiger partial charge in [0.05, 0.1) is 25.6 Å². The number of hydrogen-bond donors (Lipinski definition) is 2. The first-order chi connectivity index (χ1) is 19.2. The molecule has 0 unspecified atom stereocenters. The molecule has 4 aromatic rings. The first-order valence-corrected chi connectivity index (χ1v) is 13.4. The Labute approximate surface area is 236 Å². The number of carbonyl (C=O) groups excluding carboxylic acids is 2. The second-order valence-corrected chi connectivity index (χ2v) is 10.3. The van der Waals surface area contributed by atoms with E-state index in [0.29, 0.717) is 45.8 Å². The van der Waals surface area contributed by atoms with Gasteiger partial charge in [0, 0.05) is 11.1 Å². The van der Waals surface area contributed by atoms with Crippen molar-refractivity contribution >= 4 is 23.2 Å². The van der Waals surface area contributed by atoms with Crippen LogP contribution in [-0.2, 0) is 0 Å². The fourth-order valence-corrected chi connectivity index (χ4v) is 4.38. The molecular weight excluding hydrogens is 500 g/mol. The Bertz CT molecular complexity index is 1370. The van der Waals surface area contributed by atoms with E-state index >= 15 is 0 Å². The maximum atomic E-state index is 12.9. The minimum Gasteiger partial charge on any atom is -0.495 e. The molecule has 0 fully saturated rings. The highest BCUT2D eigenvalue weighted by molar-refractivity contribution is 6.06. The molecule has 2 amide bonds. The number of ether oxygens (including phenoxy) is 2. The van der Waals surface area contributed by atoms with Gasteiger partial charge in [0.15, 0.2) is 0 Å². The Kier molecular flexibility index (Phi) is 8.90. The number of nitrogens with one attached hydrogen (secondary N) is 2. The summed E-state index contributed by atoms with van der Waals surface area (Å²) in [6.07, 6.45) is 0. The van der Waals surface area contributed by atoms with E-state index in [1.807, 2.05) is 84.9 Å². The summed E-state index contributed by atoms with van der Waals surface area (Å²) in [5, 5.41) is 5.89. The number of rotatable bonds is 9. The lowest BCUT2D eigenvalue weighted by molar-refractivity contribution is 0.101. The van der Waals surface area contributed by atoms with Crippen LogP contribution in [0.4, 0.5) is 11.4 Å². The molecule has 0 aliphatic heterocycles. The zero-order valence-electron chi connectivity index (χ0n) is 23.9. The summed E-state index contributed by atoms with van der Waals surface area (Å²) in [5.41, 5.74) is 6.40. The summed E-state index contributed by atoms with van der Waals surface area (Å²) in [6, 6.07) is 26.4. The summed E-state index contributed by atoms with van der Waals surface area (Å²) >= 11 is 0. The topological polar surface area (TPSA) is 76.7 Å². The lowest BCUT2D eigenvalue weighted by atomic mass is 10.0. The van der Waals surface area contributed by atoms with E-state index < -0.39 is 0 Å². The molecular formula is C34H36N2O4. The standard InChI is InChI=1S/C34H36N2O4/c1-21(2)23-7-11-25(12-8-23)33(37)35-29-17-15-27(19-31(29)39-5)28-16-18-30(32(20-28)40-6)36-34(38)26-13-9-24(10-14-26)22(3)4/h7-22H,1-6H3,(H,35,37)(H,36,38). The molecule has 2 N–H and O–H groups in total. The first-order valence-electron chi connectivity index (χ1n) is 13.4. The van der Waals surface area contributed by atoms with Crippen molar-refractivity contribution in [2.75, 3.05) is 24.9 Å². The van der Waals surface area contributed by atoms with Crippen molar-refractivity contribution < 1.29 is 19.1 Å². The molecule has 0 atom stereocenters. The van der Waals surface area contributed by atoms with Gasteiger partial charge in [-0.05, 0) is 82.6 Å². The first kappa shape index (κ1) is 28.4. The minimum absolute atomic E-state index is 0.207. The van der Waals surface area contributed by atoms with Crippen LogP contribution in [0.25, 0.3) is 11.1 Å². The third kappa shape index (κ3) is 6.52. The van der Waals surface area contributed by atoms with Crippen molar-refractivity contribution in [1.29, 1.82) is 0 Å². The van der Waals surface area contributed by atoms with Gasteiger partial charge in [-0.1, -0.05) is 64.1 Å². The molecule has 40 heavy (non-hydrogen) atoms. The molecule has 4 aromatic carbocycles. The molecule has 6 nitrogen and oxygen atoms in total. The molecule has 206 valence electrons. The summed E-state index contributed by atoms with van der Waals surface area (Å²) in [4.78, 5) is 25.7. The molecule has 0 saturated carbocycles. The SMILES string of the molecule is COc1cc(-c2ccc(NC(=O)c3ccc(C(C)C)cc3)c(OC)c2)ccc1NC(=O)c1ccc(C(C)C)cc1. The Morgan fingerprint density at radius 2 is 0.900 bits per heavy atom. The molecule has 0 heterocycles. The van der Waals surface area contributed by atoms with Gasteiger partial charge in [0.2, 0.25) is 0 Å². The van der Waals surface area contributed by atoms with Crippen LogP contribution >= 0.6 is 0 Å². The van der Waals surface area contributed by atoms with Gasteiger partial charge in [-0.3, -0.25) is 9.59 Å². The van der Waals surface area contributed by atoms with Crippen LogP contribution in [0, 0.1) is 0 Å². The van der Waals surface area contributed by atoms with Crippen LogP contribution in [0.15, 0.2) is 84.9 Å². The molecule has 6 heteroatoms. The Morgan fingerprint density at radius 3 is 1.20 bits per heavy atom. The maximum absolute atomic E-state index is 12.9. The molecule has 0 aliphatic carbocycles. The second kappa shape index (κ2) is 12.5. The van der Waals surface area contributed by atoms with Crippen molar-refractivity contribution in [2.24, 2.45) is 0 Å². The van der Waals surface area contributed by atoms with Gasteiger partial charge in [0.25, 0.3) is 11.8 Å². The predicted octanol–water partition coefficient (Wildman–Crippen LogP) is 8.12. The average Bonchev–Trinajstić information content (AvgIpc) is 2.97. The smallest absolute Gasteiger partial charge is 0.255 e. The van der Waals surface area contributed by atoms with Gasteiger partial charge in [-0.2, -0.15) is 0 Å². The second-order valence-electron chi connectivity index (χ2n) is 10.3. The molecule has 0 aliphatic rings. The summed E-state index contributed by atoms with van der Waals surface area (Å²) in [5.74, 6) is 1.45. The predicted molar refractivity (Wildman–Crippen MR) is 162 cm³/mol. The number of anilines is 2. The van der Waals surface area contributed by atoms with E-state index in [0.717, 1.165) is 11.1 Å². The Morgan fingerprint density at radius 1 is 0.550 bits per heavy atom. The third-order valence-electron chi connectivity index (χ3n) is 6.91. The fraction of sp³-hybridized carbons (Fsp3) is 0.235. The van der Waals surface area contributed by atoms with Crippen molar-refractivity contribution in [2.45, 2.75) is 39.5 Å². The van der Waals surface area contributed by atoms with E-state index in [2.05, 4.69) is 38.3 Å². The molecule has 0 radical (unpaired) electrons. The average molecular weight is 537 g/mol. The number of hydrogen-bond acceptors (Lipinski definition) is 4. The van der Waals surface area contributed by atoms with Crippen molar-refractivity contribution in [3.63, 3.8) is 0 Å². The van der Waals surface area contributed by atoms with Gasteiger partial charge in [0.1, 0.15) is 11.5 Å². The minimum atomic E-state index is -0.207. The molecule has 0 saturated heterocycles. The van der Waals surface area contributed by atoms with Crippen molar-refractivity contribution in [3.05, 3.63) is 107 Å². The van der Waals surface area contributed by atoms with Crippen LogP contribution < -0.4 is 20.1 Å². The van der Waals surface area contributed by atoms with Gasteiger partial charge in [-0.25, -0.2) is 0 Å². The van der Waals surface area contributed by atoms with Gasteiger partial charge in [-0.15, -0.1) is 0 Å². The molecule has 0 bridgehead atoms. The summed E-state index contributed by atoms with van der Waals surface area (Å²) < 4.78 is 11.2. The highest BCUT2D eigenvalue weighted by atomic mass is 16.5. The largest absolute Gasteiger partial charge is 0.495 e. The maximum Gasteiger partial charge on any atom is 0.255 e. The van der Waals surface area contributed by atoms with Crippen molar-refractivity contribution in [1.82, 2.24) is 0 Å². The van der Waals surface area contributed by atoms with Crippen LogP contribution in [0.5, 0.6) is 11.5 Å². The van der Waals surface area contributed by atoms with E-state index in [1.54, 1.807) is 14.2 Å². The van der Waals surface area contributed by atoms with Crippen LogP contribution in [0.1, 0.15) is 71.4 Å².